The van der Waals surface area contributed by atoms with Crippen LogP contribution in [0.1, 0.15) is 11.1 Å². The fourth-order valence-electron chi connectivity index (χ4n) is 1.64. The van der Waals surface area contributed by atoms with Crippen LogP contribution in [0.5, 0.6) is 0 Å². The zero-order chi connectivity index (χ0) is 7.97. The fourth-order valence-corrected chi connectivity index (χ4v) is 1.64. The third-order valence-corrected chi connectivity index (χ3v) is 2.29. The Kier molecular flexibility index (Phi) is 1.10. The molecule has 2 heterocycles. The Balaban J connectivity index is 2.38. The van der Waals surface area contributed by atoms with Crippen LogP contribution in [0.4, 0.5) is 0 Å². The molecule has 0 spiro atoms. The van der Waals surface area contributed by atoms with Crippen LogP contribution in [0.2, 0.25) is 0 Å². The van der Waals surface area contributed by atoms with Gasteiger partial charge in [-0.05, 0) is 29.3 Å². The topological polar surface area (TPSA) is 22.4 Å². The fraction of sp³-hybridized carbons (Fsp3) is 0.200. The van der Waals surface area contributed by atoms with E-state index >= 15 is 0 Å². The van der Waals surface area contributed by atoms with Gasteiger partial charge in [0.2, 0.25) is 0 Å². The summed E-state index contributed by atoms with van der Waals surface area (Å²) < 4.78 is 10.6. The van der Waals surface area contributed by atoms with E-state index in [4.69, 9.17) is 9.15 Å². The van der Waals surface area contributed by atoms with Crippen LogP contribution in [0.15, 0.2) is 28.9 Å². The van der Waals surface area contributed by atoms with E-state index < -0.39 is 0 Å². The average Bonchev–Trinajstić information content (AvgIpc) is 2.64. The third kappa shape index (κ3) is 0.728. The maximum absolute atomic E-state index is 5.31. The van der Waals surface area contributed by atoms with Crippen LogP contribution in [-0.2, 0) is 18.0 Å². The van der Waals surface area contributed by atoms with Crippen LogP contribution < -0.4 is 0 Å². The monoisotopic (exact) mass is 160 g/mol. The lowest BCUT2D eigenvalue weighted by Crippen LogP contribution is -1.79. The molecule has 0 fully saturated rings. The Hall–Kier alpha value is -1.28. The largest absolute Gasteiger partial charge is 0.464 e. The van der Waals surface area contributed by atoms with E-state index in [1.165, 1.54) is 16.5 Å². The molecule has 3 rings (SSSR count). The highest BCUT2D eigenvalue weighted by molar-refractivity contribution is 5.79. The van der Waals surface area contributed by atoms with Gasteiger partial charge in [0.25, 0.3) is 0 Å². The van der Waals surface area contributed by atoms with Crippen molar-refractivity contribution < 1.29 is 9.15 Å². The summed E-state index contributed by atoms with van der Waals surface area (Å²) >= 11 is 0. The van der Waals surface area contributed by atoms with Gasteiger partial charge in [-0.1, -0.05) is 0 Å². The number of fused-ring (bicyclic) bond motifs is 2. The highest BCUT2D eigenvalue weighted by atomic mass is 16.5. The van der Waals surface area contributed by atoms with Crippen molar-refractivity contribution in [3.05, 3.63) is 35.6 Å². The summed E-state index contributed by atoms with van der Waals surface area (Å²) in [7, 11) is 0. The molecular weight excluding hydrogens is 152 g/mol. The van der Waals surface area contributed by atoms with E-state index in [1.54, 1.807) is 6.26 Å². The maximum Gasteiger partial charge on any atom is 0.134 e. The van der Waals surface area contributed by atoms with Crippen molar-refractivity contribution in [3.8, 4) is 0 Å². The van der Waals surface area contributed by atoms with Crippen LogP contribution >= 0.6 is 0 Å². The Bertz CT molecular complexity index is 390. The number of hydrogen-bond donors (Lipinski definition) is 0. The van der Waals surface area contributed by atoms with Gasteiger partial charge >= 0.3 is 0 Å². The first-order valence-corrected chi connectivity index (χ1v) is 4.00. The van der Waals surface area contributed by atoms with Crippen LogP contribution in [0.25, 0.3) is 11.0 Å². The lowest BCUT2D eigenvalue weighted by molar-refractivity contribution is 0.134. The van der Waals surface area contributed by atoms with Gasteiger partial charge in [0.15, 0.2) is 0 Å². The van der Waals surface area contributed by atoms with E-state index in [9.17, 15) is 0 Å². The molecule has 0 aliphatic carbocycles. The molecule has 0 radical (unpaired) electrons. The van der Waals surface area contributed by atoms with Crippen LogP contribution in [0, 0.1) is 0 Å². The summed E-state index contributed by atoms with van der Waals surface area (Å²) in [5, 5.41) is 1.17. The minimum absolute atomic E-state index is 0.728. The summed E-state index contributed by atoms with van der Waals surface area (Å²) in [6, 6.07) is 6.19. The van der Waals surface area contributed by atoms with Gasteiger partial charge < -0.3 is 9.15 Å². The molecule has 0 saturated heterocycles. The molecule has 1 aliphatic heterocycles. The van der Waals surface area contributed by atoms with Gasteiger partial charge in [0.1, 0.15) is 5.58 Å². The van der Waals surface area contributed by atoms with Gasteiger partial charge in [0, 0.05) is 5.39 Å². The van der Waals surface area contributed by atoms with Gasteiger partial charge in [-0.25, -0.2) is 0 Å². The van der Waals surface area contributed by atoms with E-state index in [2.05, 4.69) is 12.1 Å². The van der Waals surface area contributed by atoms with Crippen LogP contribution in [-0.4, -0.2) is 0 Å². The molecule has 1 aromatic carbocycles. The molecule has 60 valence electrons. The number of furan rings is 1. The average molecular weight is 160 g/mol. The van der Waals surface area contributed by atoms with Gasteiger partial charge in [0.05, 0.1) is 19.5 Å². The first-order chi connectivity index (χ1) is 5.93. The lowest BCUT2D eigenvalue weighted by atomic mass is 10.1. The van der Waals surface area contributed by atoms with Gasteiger partial charge in [-0.3, -0.25) is 0 Å². The van der Waals surface area contributed by atoms with Crippen molar-refractivity contribution >= 4 is 11.0 Å². The molecule has 0 bridgehead atoms. The second-order valence-corrected chi connectivity index (χ2v) is 3.07. The van der Waals surface area contributed by atoms with E-state index in [1.807, 2.05) is 6.07 Å². The second-order valence-electron chi connectivity index (χ2n) is 3.07. The van der Waals surface area contributed by atoms with Crippen LogP contribution in [0.3, 0.4) is 0 Å². The minimum Gasteiger partial charge on any atom is -0.464 e. The molecule has 2 heteroatoms. The highest BCUT2D eigenvalue weighted by Gasteiger charge is 2.12. The molecule has 12 heavy (non-hydrogen) atoms. The van der Waals surface area contributed by atoms with Crippen molar-refractivity contribution in [3.63, 3.8) is 0 Å². The van der Waals surface area contributed by atoms with Crippen molar-refractivity contribution in [2.45, 2.75) is 13.2 Å². The molecular formula is C10H8O2. The summed E-state index contributed by atoms with van der Waals surface area (Å²) in [4.78, 5) is 0. The Morgan fingerprint density at radius 3 is 2.83 bits per heavy atom. The quantitative estimate of drug-likeness (QED) is 0.590. The summed E-state index contributed by atoms with van der Waals surface area (Å²) in [5.74, 6) is 0. The number of ether oxygens (including phenoxy) is 1. The first kappa shape index (κ1) is 6.26. The number of rotatable bonds is 0. The number of benzene rings is 1. The Morgan fingerprint density at radius 2 is 1.92 bits per heavy atom. The summed E-state index contributed by atoms with van der Waals surface area (Å²) in [6.45, 7) is 1.47. The van der Waals surface area contributed by atoms with E-state index in [-0.39, 0.29) is 0 Å². The molecule has 0 unspecified atom stereocenters. The van der Waals surface area contributed by atoms with Crippen molar-refractivity contribution in [1.82, 2.24) is 0 Å². The molecule has 2 nitrogen and oxygen atoms in total. The standard InChI is InChI=1S/C10H8O2/c1-2-12-10-4-9-6-11-5-8(9)3-7(1)10/h1-4H,5-6H2. The maximum atomic E-state index is 5.31. The first-order valence-electron chi connectivity index (χ1n) is 4.00. The molecule has 1 aromatic heterocycles. The van der Waals surface area contributed by atoms with Gasteiger partial charge in [-0.15, -0.1) is 0 Å². The SMILES string of the molecule is c1cc2cc3c(cc2o1)COC3. The van der Waals surface area contributed by atoms with Crippen molar-refractivity contribution in [1.29, 1.82) is 0 Å². The molecule has 2 aromatic rings. The summed E-state index contributed by atoms with van der Waals surface area (Å²) in [5.41, 5.74) is 3.51. The third-order valence-electron chi connectivity index (χ3n) is 2.29. The van der Waals surface area contributed by atoms with Crippen molar-refractivity contribution in [2.24, 2.45) is 0 Å². The Morgan fingerprint density at radius 1 is 1.08 bits per heavy atom. The zero-order valence-corrected chi connectivity index (χ0v) is 6.54. The molecule has 0 amide bonds. The van der Waals surface area contributed by atoms with E-state index in [0.29, 0.717) is 0 Å². The highest BCUT2D eigenvalue weighted by Crippen LogP contribution is 2.26. The molecule has 0 saturated carbocycles. The number of hydrogen-bond acceptors (Lipinski definition) is 2. The van der Waals surface area contributed by atoms with E-state index in [0.717, 1.165) is 18.8 Å². The molecule has 1 aliphatic rings. The second kappa shape index (κ2) is 2.11. The van der Waals surface area contributed by atoms with Gasteiger partial charge in [-0.2, -0.15) is 0 Å². The zero-order valence-electron chi connectivity index (χ0n) is 6.54. The Labute approximate surface area is 69.7 Å². The lowest BCUT2D eigenvalue weighted by Gasteiger charge is -1.94. The minimum atomic E-state index is 0.728. The smallest absolute Gasteiger partial charge is 0.134 e. The normalized spacial score (nSPS) is 15.3. The predicted molar refractivity (Wildman–Crippen MR) is 44.7 cm³/mol. The predicted octanol–water partition coefficient (Wildman–Crippen LogP) is 2.46. The molecule has 0 atom stereocenters. The van der Waals surface area contributed by atoms with Crippen molar-refractivity contribution in [2.75, 3.05) is 0 Å². The molecule has 0 N–H and O–H groups in total. The summed E-state index contributed by atoms with van der Waals surface area (Å²) in [6.07, 6.45) is 1.72.